The number of pyridine rings is 3. The van der Waals surface area contributed by atoms with Gasteiger partial charge in [0.25, 0.3) is 0 Å². The molecule has 6 atom stereocenters. The average Bonchev–Trinajstić information content (AvgIpc) is 2.05. The van der Waals surface area contributed by atoms with Gasteiger partial charge in [-0.05, 0) is 217 Å². The molecule has 87 heavy (non-hydrogen) atoms. The third-order valence-electron chi connectivity index (χ3n) is 18.8. The van der Waals surface area contributed by atoms with Crippen LogP contribution >= 0.6 is 0 Å². The summed E-state index contributed by atoms with van der Waals surface area (Å²) in [5.74, 6) is 3.57. The summed E-state index contributed by atoms with van der Waals surface area (Å²) < 4.78 is 9.43. The topological polar surface area (TPSA) is 149 Å². The van der Waals surface area contributed by atoms with Crippen LogP contribution in [-0.4, -0.2) is 121 Å². The number of imidazole rings is 4. The third-order valence-corrected chi connectivity index (χ3v) is 18.8. The first-order chi connectivity index (χ1) is 42.5. The first kappa shape index (κ1) is 61.2. The second-order valence-electron chi connectivity index (χ2n) is 24.8. The van der Waals surface area contributed by atoms with E-state index in [1.165, 1.54) is 81.2 Å². The number of rotatable bonds is 17. The standard InChI is InChI=1S/C24H28N6.C24H33N5.C23H31N5/c1-18-7-6-12-26-23(18)21-10-5-11-22(28(21)2)24-27-19-8-3-4-9-20(19)30(24)16-15-29-14-13-25-17-29;1-18-10-8-15-25-23(18)21-13-7-14-22(28(21)4)24-26-19-11-5-6-12-20(19)29(24)17-9-16-27(2)3;1-17-9-8-15-25-22(17)20-12-7-13-21(27(20)2)23-26-18-10-3-4-11-19(18)28(23)16-6-5-14-24/h3-4,6-9,12-14,17,21-22H,5,10-11,15-16H2,1-2H3;5-6,8,10-12,15,21-22H,7,9,13-14,16-17H2,1-4H3;3-4,8-11,15,20-21H,5-7,12-14,16,24H2,1-2H3/t21?,22-;;/m1../s1. The van der Waals surface area contributed by atoms with E-state index < -0.39 is 0 Å². The lowest BCUT2D eigenvalue weighted by Gasteiger charge is -2.39. The Labute approximate surface area is 515 Å². The molecule has 5 unspecified atom stereocenters. The lowest BCUT2D eigenvalue weighted by atomic mass is 9.92. The van der Waals surface area contributed by atoms with Gasteiger partial charge in [0.15, 0.2) is 0 Å². The highest BCUT2D eigenvalue weighted by atomic mass is 15.3. The fourth-order valence-electron chi connectivity index (χ4n) is 14.2. The fraction of sp³-hybridized carbons (Fsp3) is 0.451. The van der Waals surface area contributed by atoms with Gasteiger partial charge >= 0.3 is 0 Å². The van der Waals surface area contributed by atoms with Gasteiger partial charge in [0.2, 0.25) is 0 Å². The van der Waals surface area contributed by atoms with E-state index in [4.69, 9.17) is 35.6 Å². The SMILES string of the molecule is Cc1cccnc1C1CCCC(c2nc3ccccc3n2CCCCN)N1C.Cc1cccnc1C1CCCC(c2nc3ccccc3n2CCCN(C)C)N1C.Cc1cccnc1C1CCC[C@H](c2nc3ccccc3n2CCn2ccnc2)N1C. The maximum absolute atomic E-state index is 5.74. The highest BCUT2D eigenvalue weighted by Crippen LogP contribution is 2.44. The molecule has 0 saturated carbocycles. The van der Waals surface area contributed by atoms with Gasteiger partial charge in [-0.15, -0.1) is 0 Å². The first-order valence-corrected chi connectivity index (χ1v) is 32.0. The van der Waals surface area contributed by atoms with Gasteiger partial charge in [0.1, 0.15) is 17.5 Å². The van der Waals surface area contributed by atoms with Crippen LogP contribution in [0.15, 0.2) is 147 Å². The van der Waals surface area contributed by atoms with E-state index in [0.29, 0.717) is 30.2 Å². The molecule has 0 bridgehead atoms. The maximum atomic E-state index is 5.74. The van der Waals surface area contributed by atoms with Crippen LogP contribution in [0, 0.1) is 20.8 Å². The molecule has 16 heteroatoms. The minimum absolute atomic E-state index is 0.278. The number of hydrogen-bond donors (Lipinski definition) is 1. The highest BCUT2D eigenvalue weighted by molar-refractivity contribution is 5.77. The zero-order chi connectivity index (χ0) is 60.4. The van der Waals surface area contributed by atoms with Gasteiger partial charge in [0.05, 0.1) is 92.8 Å². The molecular weight excluding hydrogens is 1080 g/mol. The van der Waals surface area contributed by atoms with E-state index in [1.54, 1.807) is 0 Å². The quantitative estimate of drug-likeness (QED) is 0.0865. The second kappa shape index (κ2) is 28.6. The van der Waals surface area contributed by atoms with Crippen LogP contribution in [0.1, 0.15) is 165 Å². The maximum Gasteiger partial charge on any atom is 0.127 e. The van der Waals surface area contributed by atoms with Crippen molar-refractivity contribution in [2.45, 2.75) is 160 Å². The van der Waals surface area contributed by atoms with Crippen molar-refractivity contribution in [1.29, 1.82) is 0 Å². The highest BCUT2D eigenvalue weighted by Gasteiger charge is 2.37. The second-order valence-corrected chi connectivity index (χ2v) is 24.8. The Morgan fingerprint density at radius 3 is 1.18 bits per heavy atom. The Morgan fingerprint density at radius 2 is 0.816 bits per heavy atom. The molecule has 3 saturated heterocycles. The molecule has 0 aliphatic carbocycles. The van der Waals surface area contributed by atoms with E-state index in [9.17, 15) is 0 Å². The summed E-state index contributed by atoms with van der Waals surface area (Å²) in [4.78, 5) is 43.5. The predicted octanol–water partition coefficient (Wildman–Crippen LogP) is 13.5. The van der Waals surface area contributed by atoms with Gasteiger partial charge < -0.3 is 28.9 Å². The number of fused-ring (bicyclic) bond motifs is 3. The summed E-state index contributed by atoms with van der Waals surface area (Å²) >= 11 is 0. The minimum atomic E-state index is 0.278. The van der Waals surface area contributed by atoms with Gasteiger partial charge in [-0.1, -0.05) is 54.6 Å². The number of unbranched alkanes of at least 4 members (excludes halogenated alkanes) is 1. The molecule has 3 aromatic carbocycles. The Morgan fingerprint density at radius 1 is 0.437 bits per heavy atom. The van der Waals surface area contributed by atoms with E-state index >= 15 is 0 Å². The molecule has 7 aromatic heterocycles. The molecule has 0 radical (unpaired) electrons. The molecule has 16 nitrogen and oxygen atoms in total. The Bertz CT molecular complexity index is 3800. The van der Waals surface area contributed by atoms with Crippen molar-refractivity contribution in [2.24, 2.45) is 5.73 Å². The number of aromatic nitrogens is 11. The summed E-state index contributed by atoms with van der Waals surface area (Å²) in [5.41, 5.74) is 20.2. The molecule has 2 N–H and O–H groups in total. The zero-order valence-corrected chi connectivity index (χ0v) is 52.8. The summed E-state index contributed by atoms with van der Waals surface area (Å²) in [6, 6.07) is 40.1. The van der Waals surface area contributed by atoms with Crippen molar-refractivity contribution in [3.05, 3.63) is 198 Å². The van der Waals surface area contributed by atoms with E-state index in [2.05, 4.69) is 190 Å². The van der Waals surface area contributed by atoms with E-state index in [-0.39, 0.29) is 6.04 Å². The van der Waals surface area contributed by atoms with E-state index in [0.717, 1.165) is 119 Å². The molecule has 10 aromatic rings. The zero-order valence-electron chi connectivity index (χ0n) is 52.8. The van der Waals surface area contributed by atoms with Crippen LogP contribution in [0.2, 0.25) is 0 Å². The fourth-order valence-corrected chi connectivity index (χ4v) is 14.2. The van der Waals surface area contributed by atoms with Crippen molar-refractivity contribution in [3.63, 3.8) is 0 Å². The number of aryl methyl sites for hydroxylation is 7. The molecule has 13 rings (SSSR count). The van der Waals surface area contributed by atoms with Gasteiger partial charge in [-0.3, -0.25) is 29.7 Å². The molecule has 456 valence electrons. The number of nitrogens with zero attached hydrogens (tertiary/aromatic N) is 15. The molecule has 10 heterocycles. The monoisotopic (exact) mass is 1170 g/mol. The summed E-state index contributed by atoms with van der Waals surface area (Å²) in [5, 5.41) is 0. The summed E-state index contributed by atoms with van der Waals surface area (Å²) in [6.07, 6.45) is 25.2. The lowest BCUT2D eigenvalue weighted by molar-refractivity contribution is 0.103. The van der Waals surface area contributed by atoms with Gasteiger partial charge in [0, 0.05) is 57.2 Å². The molecule has 3 aliphatic rings. The minimum Gasteiger partial charge on any atom is -0.336 e. The molecule has 0 spiro atoms. The van der Waals surface area contributed by atoms with Crippen LogP contribution < -0.4 is 5.73 Å². The molecule has 3 aliphatic heterocycles. The van der Waals surface area contributed by atoms with Crippen LogP contribution in [0.3, 0.4) is 0 Å². The Balaban J connectivity index is 0.000000135. The van der Waals surface area contributed by atoms with Crippen LogP contribution in [0.5, 0.6) is 0 Å². The predicted molar refractivity (Wildman–Crippen MR) is 351 cm³/mol. The molecule has 3 fully saturated rings. The lowest BCUT2D eigenvalue weighted by Crippen LogP contribution is -2.35. The first-order valence-electron chi connectivity index (χ1n) is 32.0. The number of likely N-dealkylation sites (tertiary alicyclic amines) is 3. The van der Waals surface area contributed by atoms with Crippen molar-refractivity contribution in [2.75, 3.05) is 48.3 Å². The van der Waals surface area contributed by atoms with E-state index in [1.807, 2.05) is 55.5 Å². The van der Waals surface area contributed by atoms with Crippen molar-refractivity contribution in [3.8, 4) is 0 Å². The summed E-state index contributed by atoms with van der Waals surface area (Å²) in [6.45, 7) is 12.1. The number of benzene rings is 3. The summed E-state index contributed by atoms with van der Waals surface area (Å²) in [7, 11) is 11.0. The van der Waals surface area contributed by atoms with Gasteiger partial charge in [-0.25, -0.2) is 19.9 Å². The van der Waals surface area contributed by atoms with Crippen LogP contribution in [0.25, 0.3) is 33.1 Å². The van der Waals surface area contributed by atoms with Crippen LogP contribution in [-0.2, 0) is 26.2 Å². The van der Waals surface area contributed by atoms with Crippen LogP contribution in [0.4, 0.5) is 0 Å². The molecular formula is C71H92N16. The third kappa shape index (κ3) is 13.7. The molecule has 0 amide bonds. The van der Waals surface area contributed by atoms with Crippen molar-refractivity contribution >= 4 is 33.1 Å². The number of para-hydroxylation sites is 6. The van der Waals surface area contributed by atoms with Gasteiger partial charge in [-0.2, -0.15) is 0 Å². The number of hydrogen-bond acceptors (Lipinski definition) is 12. The Kier molecular flexibility index (Phi) is 20.1. The number of piperidine rings is 3. The normalized spacial score (nSPS) is 20.4. The van der Waals surface area contributed by atoms with Crippen molar-refractivity contribution < 1.29 is 0 Å². The Hall–Kier alpha value is -7.47. The smallest absolute Gasteiger partial charge is 0.127 e. The number of nitrogens with two attached hydrogens (primary N) is 1. The van der Waals surface area contributed by atoms with Crippen molar-refractivity contribution in [1.82, 2.24) is 72.8 Å². The largest absolute Gasteiger partial charge is 0.336 e. The average molecular weight is 1170 g/mol.